The Morgan fingerprint density at radius 1 is 1.21 bits per heavy atom. The van der Waals surface area contributed by atoms with Crippen molar-refractivity contribution in [1.82, 2.24) is 5.32 Å². The fourth-order valence-corrected chi connectivity index (χ4v) is 2.65. The Bertz CT molecular complexity index is 389. The lowest BCUT2D eigenvalue weighted by molar-refractivity contribution is 0.290. The summed E-state index contributed by atoms with van der Waals surface area (Å²) >= 11 is 0. The summed E-state index contributed by atoms with van der Waals surface area (Å²) in [5.41, 5.74) is 3.03. The van der Waals surface area contributed by atoms with Crippen LogP contribution < -0.4 is 10.1 Å². The molecule has 2 nitrogen and oxygen atoms in total. The second-order valence-corrected chi connectivity index (χ2v) is 5.63. The molecule has 0 saturated heterocycles. The van der Waals surface area contributed by atoms with Crippen LogP contribution in [0.25, 0.3) is 0 Å². The lowest BCUT2D eigenvalue weighted by Crippen LogP contribution is -2.28. The quantitative estimate of drug-likeness (QED) is 0.807. The molecule has 0 aliphatic heterocycles. The first kappa shape index (κ1) is 14.4. The molecule has 0 heterocycles. The average molecular weight is 261 g/mol. The molecule has 1 aliphatic rings. The van der Waals surface area contributed by atoms with E-state index in [9.17, 15) is 0 Å². The standard InChI is InChI=1S/C17H27NO/c1-3-11-18-14(2)10-12-19-17-9-8-15-6-4-5-7-16(15)13-17/h8-9,13-14,18H,3-7,10-12H2,1-2H3. The van der Waals surface area contributed by atoms with Gasteiger partial charge in [-0.1, -0.05) is 13.0 Å². The third kappa shape index (κ3) is 4.54. The van der Waals surface area contributed by atoms with Gasteiger partial charge in [-0.05, 0) is 75.3 Å². The topological polar surface area (TPSA) is 21.3 Å². The predicted molar refractivity (Wildman–Crippen MR) is 81.0 cm³/mol. The highest BCUT2D eigenvalue weighted by atomic mass is 16.5. The maximum atomic E-state index is 5.88. The summed E-state index contributed by atoms with van der Waals surface area (Å²) in [6, 6.07) is 7.17. The molecule has 1 unspecified atom stereocenters. The van der Waals surface area contributed by atoms with Crippen LogP contribution in [0.4, 0.5) is 0 Å². The van der Waals surface area contributed by atoms with E-state index in [1.807, 2.05) is 0 Å². The SMILES string of the molecule is CCCNC(C)CCOc1ccc2c(c1)CCCC2. The minimum atomic E-state index is 0.539. The third-order valence-electron chi connectivity index (χ3n) is 3.88. The molecule has 1 aromatic rings. The van der Waals surface area contributed by atoms with Crippen molar-refractivity contribution in [3.63, 3.8) is 0 Å². The van der Waals surface area contributed by atoms with Gasteiger partial charge in [-0.15, -0.1) is 0 Å². The van der Waals surface area contributed by atoms with E-state index in [1.54, 1.807) is 0 Å². The number of hydrogen-bond donors (Lipinski definition) is 1. The molecule has 0 spiro atoms. The van der Waals surface area contributed by atoms with E-state index in [-0.39, 0.29) is 0 Å². The monoisotopic (exact) mass is 261 g/mol. The Hall–Kier alpha value is -1.02. The summed E-state index contributed by atoms with van der Waals surface area (Å²) in [6.45, 7) is 6.33. The van der Waals surface area contributed by atoms with Crippen molar-refractivity contribution in [2.45, 2.75) is 58.4 Å². The molecule has 1 N–H and O–H groups in total. The zero-order valence-corrected chi connectivity index (χ0v) is 12.4. The van der Waals surface area contributed by atoms with Gasteiger partial charge in [0.05, 0.1) is 6.61 Å². The Morgan fingerprint density at radius 3 is 2.79 bits per heavy atom. The van der Waals surface area contributed by atoms with E-state index in [0.29, 0.717) is 6.04 Å². The van der Waals surface area contributed by atoms with E-state index in [0.717, 1.165) is 25.3 Å². The van der Waals surface area contributed by atoms with E-state index in [4.69, 9.17) is 4.74 Å². The summed E-state index contributed by atoms with van der Waals surface area (Å²) < 4.78 is 5.88. The van der Waals surface area contributed by atoms with Gasteiger partial charge < -0.3 is 10.1 Å². The average Bonchev–Trinajstić information content (AvgIpc) is 2.45. The number of rotatable bonds is 7. The third-order valence-corrected chi connectivity index (χ3v) is 3.88. The molecule has 2 heteroatoms. The normalized spacial score (nSPS) is 15.9. The van der Waals surface area contributed by atoms with Crippen LogP contribution in [0.1, 0.15) is 50.7 Å². The summed E-state index contributed by atoms with van der Waals surface area (Å²) in [6.07, 6.45) is 7.39. The van der Waals surface area contributed by atoms with Crippen LogP contribution in [0, 0.1) is 0 Å². The van der Waals surface area contributed by atoms with Crippen LogP contribution >= 0.6 is 0 Å². The number of ether oxygens (including phenoxy) is 1. The lowest BCUT2D eigenvalue weighted by atomic mass is 9.92. The number of fused-ring (bicyclic) bond motifs is 1. The Morgan fingerprint density at radius 2 is 2.00 bits per heavy atom. The Labute approximate surface area is 117 Å². The Kier molecular flexibility index (Phi) is 5.71. The molecule has 1 atom stereocenters. The summed E-state index contributed by atoms with van der Waals surface area (Å²) in [4.78, 5) is 0. The van der Waals surface area contributed by atoms with Crippen molar-refractivity contribution in [3.8, 4) is 5.75 Å². The number of benzene rings is 1. The van der Waals surface area contributed by atoms with E-state index >= 15 is 0 Å². The molecule has 1 aliphatic carbocycles. The fourth-order valence-electron chi connectivity index (χ4n) is 2.65. The number of nitrogens with one attached hydrogen (secondary N) is 1. The molecule has 0 saturated carbocycles. The maximum absolute atomic E-state index is 5.88. The van der Waals surface area contributed by atoms with Gasteiger partial charge in [0.2, 0.25) is 0 Å². The first-order valence-electron chi connectivity index (χ1n) is 7.77. The molecule has 19 heavy (non-hydrogen) atoms. The van der Waals surface area contributed by atoms with Crippen molar-refractivity contribution in [2.24, 2.45) is 0 Å². The molecule has 0 fully saturated rings. The van der Waals surface area contributed by atoms with Crippen molar-refractivity contribution in [3.05, 3.63) is 29.3 Å². The smallest absolute Gasteiger partial charge is 0.119 e. The van der Waals surface area contributed by atoms with Crippen molar-refractivity contribution in [1.29, 1.82) is 0 Å². The first-order valence-corrected chi connectivity index (χ1v) is 7.77. The van der Waals surface area contributed by atoms with E-state index in [1.165, 1.54) is 43.2 Å². The van der Waals surface area contributed by atoms with Crippen LogP contribution in [-0.4, -0.2) is 19.2 Å². The zero-order valence-electron chi connectivity index (χ0n) is 12.4. The largest absolute Gasteiger partial charge is 0.494 e. The van der Waals surface area contributed by atoms with Crippen molar-refractivity contribution in [2.75, 3.05) is 13.2 Å². The van der Waals surface area contributed by atoms with Gasteiger partial charge in [0.1, 0.15) is 5.75 Å². The van der Waals surface area contributed by atoms with E-state index < -0.39 is 0 Å². The zero-order chi connectivity index (χ0) is 13.5. The van der Waals surface area contributed by atoms with Crippen molar-refractivity contribution < 1.29 is 4.74 Å². The molecule has 2 rings (SSSR count). The fraction of sp³-hybridized carbons (Fsp3) is 0.647. The molecule has 0 bridgehead atoms. The van der Waals surface area contributed by atoms with Crippen LogP contribution in [0.5, 0.6) is 5.75 Å². The summed E-state index contributed by atoms with van der Waals surface area (Å²) in [7, 11) is 0. The minimum Gasteiger partial charge on any atom is -0.494 e. The van der Waals surface area contributed by atoms with Crippen LogP contribution in [0.2, 0.25) is 0 Å². The summed E-state index contributed by atoms with van der Waals surface area (Å²) in [5, 5.41) is 3.49. The van der Waals surface area contributed by atoms with Gasteiger partial charge in [0.25, 0.3) is 0 Å². The molecule has 0 amide bonds. The van der Waals surface area contributed by atoms with Gasteiger partial charge in [0.15, 0.2) is 0 Å². The second-order valence-electron chi connectivity index (χ2n) is 5.63. The minimum absolute atomic E-state index is 0.539. The second kappa shape index (κ2) is 7.54. The number of aryl methyl sites for hydroxylation is 2. The predicted octanol–water partition coefficient (Wildman–Crippen LogP) is 3.72. The number of hydrogen-bond acceptors (Lipinski definition) is 2. The molecule has 0 aromatic heterocycles. The van der Waals surface area contributed by atoms with Crippen LogP contribution in [0.3, 0.4) is 0 Å². The Balaban J connectivity index is 1.77. The van der Waals surface area contributed by atoms with Gasteiger partial charge in [-0.2, -0.15) is 0 Å². The lowest BCUT2D eigenvalue weighted by Gasteiger charge is -2.17. The highest BCUT2D eigenvalue weighted by molar-refractivity contribution is 5.37. The van der Waals surface area contributed by atoms with Gasteiger partial charge in [-0.3, -0.25) is 0 Å². The summed E-state index contributed by atoms with van der Waals surface area (Å²) in [5.74, 6) is 1.04. The molecule has 106 valence electrons. The molecular weight excluding hydrogens is 234 g/mol. The van der Waals surface area contributed by atoms with Crippen LogP contribution in [0.15, 0.2) is 18.2 Å². The molecule has 0 radical (unpaired) electrons. The molecular formula is C17H27NO. The van der Waals surface area contributed by atoms with E-state index in [2.05, 4.69) is 37.4 Å². The first-order chi connectivity index (χ1) is 9.29. The van der Waals surface area contributed by atoms with Crippen molar-refractivity contribution >= 4 is 0 Å². The van der Waals surface area contributed by atoms with Gasteiger partial charge in [-0.25, -0.2) is 0 Å². The molecule has 1 aromatic carbocycles. The highest BCUT2D eigenvalue weighted by Gasteiger charge is 2.10. The van der Waals surface area contributed by atoms with Crippen LogP contribution in [-0.2, 0) is 12.8 Å². The maximum Gasteiger partial charge on any atom is 0.119 e. The highest BCUT2D eigenvalue weighted by Crippen LogP contribution is 2.25. The van der Waals surface area contributed by atoms with Gasteiger partial charge >= 0.3 is 0 Å². The van der Waals surface area contributed by atoms with Gasteiger partial charge in [0, 0.05) is 6.04 Å².